The minimum absolute atomic E-state index is 0.564. The molecule has 0 heterocycles. The number of hydrogen-bond acceptors (Lipinski definition) is 2. The minimum atomic E-state index is 0.564. The number of benzene rings is 2. The second kappa shape index (κ2) is 5.87. The van der Waals surface area contributed by atoms with Crippen molar-refractivity contribution < 1.29 is 0 Å². The zero-order valence-electron chi connectivity index (χ0n) is 10.7. The molecule has 0 N–H and O–H groups in total. The Morgan fingerprint density at radius 3 is 2.28 bits per heavy atom. The SMILES string of the molecule is CC(C)c1ccc(C=Nc2ccccc2S)cc1. The molecular weight excluding hydrogens is 238 g/mol. The van der Waals surface area contributed by atoms with Gasteiger partial charge in [0.25, 0.3) is 0 Å². The lowest BCUT2D eigenvalue weighted by atomic mass is 10.0. The average molecular weight is 255 g/mol. The maximum Gasteiger partial charge on any atom is 0.0763 e. The van der Waals surface area contributed by atoms with E-state index in [1.807, 2.05) is 30.5 Å². The molecule has 0 bridgehead atoms. The molecule has 0 saturated heterocycles. The smallest absolute Gasteiger partial charge is 0.0763 e. The van der Waals surface area contributed by atoms with Crippen molar-refractivity contribution in [3.63, 3.8) is 0 Å². The highest BCUT2D eigenvalue weighted by Crippen LogP contribution is 2.22. The van der Waals surface area contributed by atoms with E-state index in [0.29, 0.717) is 5.92 Å². The Bertz CT molecular complexity index is 541. The average Bonchev–Trinajstić information content (AvgIpc) is 2.38. The first-order chi connectivity index (χ1) is 8.66. The standard InChI is InChI=1S/C16H17NS/c1-12(2)14-9-7-13(8-10-14)11-17-15-5-3-4-6-16(15)18/h3-12,18H,1-2H3. The molecule has 2 aromatic carbocycles. The Morgan fingerprint density at radius 1 is 1.00 bits per heavy atom. The molecule has 0 aromatic heterocycles. The van der Waals surface area contributed by atoms with Crippen LogP contribution in [-0.2, 0) is 0 Å². The predicted molar refractivity (Wildman–Crippen MR) is 81.5 cm³/mol. The molecule has 0 aliphatic carbocycles. The molecule has 2 aromatic rings. The van der Waals surface area contributed by atoms with Gasteiger partial charge in [0.15, 0.2) is 0 Å². The highest BCUT2D eigenvalue weighted by atomic mass is 32.1. The molecule has 1 nitrogen and oxygen atoms in total. The summed E-state index contributed by atoms with van der Waals surface area (Å²) in [6.07, 6.45) is 1.87. The van der Waals surface area contributed by atoms with Crippen LogP contribution in [0.1, 0.15) is 30.9 Å². The van der Waals surface area contributed by atoms with Gasteiger partial charge in [-0.3, -0.25) is 4.99 Å². The Labute approximate surface area is 114 Å². The molecule has 0 aliphatic rings. The van der Waals surface area contributed by atoms with Gasteiger partial charge in [0.2, 0.25) is 0 Å². The molecule has 0 saturated carbocycles. The normalized spacial score (nSPS) is 11.3. The van der Waals surface area contributed by atoms with Crippen LogP contribution in [0.25, 0.3) is 0 Å². The van der Waals surface area contributed by atoms with Crippen LogP contribution in [-0.4, -0.2) is 6.21 Å². The van der Waals surface area contributed by atoms with Gasteiger partial charge < -0.3 is 0 Å². The molecule has 0 radical (unpaired) electrons. The van der Waals surface area contributed by atoms with Crippen LogP contribution < -0.4 is 0 Å². The quantitative estimate of drug-likeness (QED) is 0.594. The third kappa shape index (κ3) is 3.23. The van der Waals surface area contributed by atoms with Gasteiger partial charge in [0.1, 0.15) is 0 Å². The van der Waals surface area contributed by atoms with Gasteiger partial charge in [-0.1, -0.05) is 50.2 Å². The molecule has 0 amide bonds. The van der Waals surface area contributed by atoms with Crippen molar-refractivity contribution in [1.29, 1.82) is 0 Å². The lowest BCUT2D eigenvalue weighted by Gasteiger charge is -2.04. The third-order valence-electron chi connectivity index (χ3n) is 2.84. The number of para-hydroxylation sites is 1. The lowest BCUT2D eigenvalue weighted by Crippen LogP contribution is -1.88. The number of aliphatic imine (C=N–C) groups is 1. The maximum absolute atomic E-state index is 4.45. The van der Waals surface area contributed by atoms with Gasteiger partial charge in [-0.25, -0.2) is 0 Å². The second-order valence-corrected chi connectivity index (χ2v) is 5.05. The van der Waals surface area contributed by atoms with Crippen molar-refractivity contribution in [2.45, 2.75) is 24.7 Å². The van der Waals surface area contributed by atoms with Gasteiger partial charge >= 0.3 is 0 Å². The van der Waals surface area contributed by atoms with Crippen molar-refractivity contribution in [3.8, 4) is 0 Å². The highest BCUT2D eigenvalue weighted by Gasteiger charge is 1.98. The number of thiol groups is 1. The second-order valence-electron chi connectivity index (χ2n) is 4.57. The Kier molecular flexibility index (Phi) is 4.21. The molecular formula is C16H17NS. The van der Waals surface area contributed by atoms with E-state index in [4.69, 9.17) is 0 Å². The van der Waals surface area contributed by atoms with Crippen LogP contribution in [0, 0.1) is 0 Å². The predicted octanol–water partition coefficient (Wildman–Crippen LogP) is 4.85. The maximum atomic E-state index is 4.45. The van der Waals surface area contributed by atoms with E-state index < -0.39 is 0 Å². The summed E-state index contributed by atoms with van der Waals surface area (Å²) in [5, 5.41) is 0. The molecule has 92 valence electrons. The zero-order chi connectivity index (χ0) is 13.0. The number of nitrogens with zero attached hydrogens (tertiary/aromatic N) is 1. The van der Waals surface area contributed by atoms with Crippen LogP contribution in [0.4, 0.5) is 5.69 Å². The van der Waals surface area contributed by atoms with E-state index in [2.05, 4.69) is 55.7 Å². The van der Waals surface area contributed by atoms with Crippen molar-refractivity contribution in [2.24, 2.45) is 4.99 Å². The Balaban J connectivity index is 2.17. The van der Waals surface area contributed by atoms with Crippen LogP contribution in [0.2, 0.25) is 0 Å². The minimum Gasteiger partial charge on any atom is -0.255 e. The summed E-state index contributed by atoms with van der Waals surface area (Å²) >= 11 is 4.37. The first-order valence-electron chi connectivity index (χ1n) is 6.09. The third-order valence-corrected chi connectivity index (χ3v) is 3.22. The summed E-state index contributed by atoms with van der Waals surface area (Å²) in [6, 6.07) is 16.3. The van der Waals surface area contributed by atoms with E-state index in [9.17, 15) is 0 Å². The van der Waals surface area contributed by atoms with Gasteiger partial charge in [-0.05, 0) is 29.2 Å². The summed E-state index contributed by atoms with van der Waals surface area (Å²) in [4.78, 5) is 5.35. The Morgan fingerprint density at radius 2 is 1.67 bits per heavy atom. The molecule has 0 atom stereocenters. The van der Waals surface area contributed by atoms with Crippen molar-refractivity contribution in [2.75, 3.05) is 0 Å². The van der Waals surface area contributed by atoms with E-state index in [1.165, 1.54) is 5.56 Å². The van der Waals surface area contributed by atoms with Crippen molar-refractivity contribution in [1.82, 2.24) is 0 Å². The van der Waals surface area contributed by atoms with E-state index in [0.717, 1.165) is 16.1 Å². The summed E-state index contributed by atoms with van der Waals surface area (Å²) in [6.45, 7) is 4.39. The van der Waals surface area contributed by atoms with Crippen LogP contribution >= 0.6 is 12.6 Å². The van der Waals surface area contributed by atoms with Crippen molar-refractivity contribution >= 4 is 24.5 Å². The molecule has 2 rings (SSSR count). The first kappa shape index (κ1) is 12.9. The summed E-state index contributed by atoms with van der Waals surface area (Å²) in [7, 11) is 0. The summed E-state index contributed by atoms with van der Waals surface area (Å²) in [5.74, 6) is 0.564. The van der Waals surface area contributed by atoms with E-state index >= 15 is 0 Å². The number of hydrogen-bond donors (Lipinski definition) is 1. The summed E-state index contributed by atoms with van der Waals surface area (Å²) < 4.78 is 0. The largest absolute Gasteiger partial charge is 0.255 e. The number of rotatable bonds is 3. The van der Waals surface area contributed by atoms with Crippen LogP contribution in [0.5, 0.6) is 0 Å². The van der Waals surface area contributed by atoms with Crippen LogP contribution in [0.3, 0.4) is 0 Å². The molecule has 0 fully saturated rings. The van der Waals surface area contributed by atoms with Crippen LogP contribution in [0.15, 0.2) is 58.4 Å². The van der Waals surface area contributed by atoms with E-state index in [1.54, 1.807) is 0 Å². The first-order valence-corrected chi connectivity index (χ1v) is 6.53. The molecule has 0 aliphatic heterocycles. The topological polar surface area (TPSA) is 12.4 Å². The molecule has 2 heteroatoms. The summed E-state index contributed by atoms with van der Waals surface area (Å²) in [5.41, 5.74) is 3.35. The molecule has 0 unspecified atom stereocenters. The van der Waals surface area contributed by atoms with Crippen molar-refractivity contribution in [3.05, 3.63) is 59.7 Å². The van der Waals surface area contributed by atoms with E-state index in [-0.39, 0.29) is 0 Å². The fourth-order valence-electron chi connectivity index (χ4n) is 1.68. The monoisotopic (exact) mass is 255 g/mol. The molecule has 18 heavy (non-hydrogen) atoms. The van der Waals surface area contributed by atoms with Gasteiger partial charge in [-0.15, -0.1) is 12.6 Å². The highest BCUT2D eigenvalue weighted by molar-refractivity contribution is 7.80. The Hall–Kier alpha value is -1.54. The molecule has 0 spiro atoms. The fourth-order valence-corrected chi connectivity index (χ4v) is 1.90. The van der Waals surface area contributed by atoms with Gasteiger partial charge in [0, 0.05) is 11.1 Å². The van der Waals surface area contributed by atoms with Gasteiger partial charge in [-0.2, -0.15) is 0 Å². The zero-order valence-corrected chi connectivity index (χ0v) is 11.6. The lowest BCUT2D eigenvalue weighted by molar-refractivity contribution is 0.866. The fraction of sp³-hybridized carbons (Fsp3) is 0.188. The van der Waals surface area contributed by atoms with Gasteiger partial charge in [0.05, 0.1) is 5.69 Å².